The smallest absolute Gasteiger partial charge is 0.326 e. The van der Waals surface area contributed by atoms with Crippen LogP contribution in [-0.2, 0) is 22.6 Å². The van der Waals surface area contributed by atoms with Crippen LogP contribution in [0.15, 0.2) is 24.3 Å². The van der Waals surface area contributed by atoms with E-state index in [9.17, 15) is 14.7 Å². The largest absolute Gasteiger partial charge is 0.480 e. The lowest BCUT2D eigenvalue weighted by molar-refractivity contribution is -0.155. The summed E-state index contributed by atoms with van der Waals surface area (Å²) in [6.45, 7) is 7.42. The molecule has 2 saturated heterocycles. The molecule has 0 saturated carbocycles. The number of benzene rings is 1. The highest BCUT2D eigenvalue weighted by Crippen LogP contribution is 2.41. The van der Waals surface area contributed by atoms with Gasteiger partial charge >= 0.3 is 5.97 Å². The van der Waals surface area contributed by atoms with E-state index in [1.54, 1.807) is 11.8 Å². The zero-order valence-corrected chi connectivity index (χ0v) is 15.9. The predicted molar refractivity (Wildman–Crippen MR) is 101 cm³/mol. The molecule has 1 spiro atoms. The highest BCUT2D eigenvalue weighted by Gasteiger charge is 2.43. The summed E-state index contributed by atoms with van der Waals surface area (Å²) in [5.41, 5.74) is 2.92. The summed E-state index contributed by atoms with van der Waals surface area (Å²) >= 11 is 0. The van der Waals surface area contributed by atoms with Crippen LogP contribution in [0, 0.1) is 5.41 Å². The number of carbonyl (C=O) groups is 2. The van der Waals surface area contributed by atoms with Gasteiger partial charge in [0.2, 0.25) is 5.91 Å². The van der Waals surface area contributed by atoms with Gasteiger partial charge in [-0.15, -0.1) is 0 Å². The number of aliphatic carboxylic acids is 1. The third kappa shape index (κ3) is 3.93. The topological polar surface area (TPSA) is 60.9 Å². The van der Waals surface area contributed by atoms with Gasteiger partial charge in [-0.25, -0.2) is 4.79 Å². The number of carbonyl (C=O) groups excluding carboxylic acids is 1. The molecule has 3 rings (SSSR count). The molecule has 1 atom stereocenters. The first kappa shape index (κ1) is 18.9. The van der Waals surface area contributed by atoms with Gasteiger partial charge in [0.15, 0.2) is 0 Å². The normalized spacial score (nSPS) is 21.8. The molecule has 1 N–H and O–H groups in total. The lowest BCUT2D eigenvalue weighted by atomic mass is 9.72. The number of rotatable bonds is 5. The predicted octanol–water partition coefficient (Wildman–Crippen LogP) is 2.93. The lowest BCUT2D eigenvalue weighted by Crippen LogP contribution is -2.55. The van der Waals surface area contributed by atoms with E-state index in [1.807, 2.05) is 0 Å². The van der Waals surface area contributed by atoms with Gasteiger partial charge in [-0.3, -0.25) is 9.69 Å². The molecule has 5 heteroatoms. The summed E-state index contributed by atoms with van der Waals surface area (Å²) in [4.78, 5) is 27.6. The van der Waals surface area contributed by atoms with Crippen molar-refractivity contribution in [2.75, 3.05) is 19.6 Å². The molecule has 2 fully saturated rings. The van der Waals surface area contributed by atoms with Crippen molar-refractivity contribution in [3.05, 3.63) is 35.4 Å². The van der Waals surface area contributed by atoms with E-state index >= 15 is 0 Å². The molecule has 1 amide bonds. The van der Waals surface area contributed by atoms with E-state index in [0.717, 1.165) is 45.3 Å². The first-order valence-corrected chi connectivity index (χ1v) is 9.75. The molecule has 1 unspecified atom stereocenters. The van der Waals surface area contributed by atoms with Crippen LogP contribution >= 0.6 is 0 Å². The molecule has 2 aliphatic heterocycles. The van der Waals surface area contributed by atoms with E-state index in [4.69, 9.17) is 0 Å². The highest BCUT2D eigenvalue weighted by molar-refractivity contribution is 5.84. The number of piperidine rings is 2. The van der Waals surface area contributed by atoms with Gasteiger partial charge in [-0.1, -0.05) is 31.2 Å². The molecule has 2 aliphatic rings. The van der Waals surface area contributed by atoms with Crippen molar-refractivity contribution in [2.45, 2.75) is 58.5 Å². The van der Waals surface area contributed by atoms with Crippen molar-refractivity contribution < 1.29 is 14.7 Å². The highest BCUT2D eigenvalue weighted by atomic mass is 16.4. The number of likely N-dealkylation sites (tertiary alicyclic amines) is 2. The van der Waals surface area contributed by atoms with Gasteiger partial charge in [-0.05, 0) is 62.2 Å². The van der Waals surface area contributed by atoms with Crippen molar-refractivity contribution in [2.24, 2.45) is 5.41 Å². The number of carboxylic acid groups (broad SMARTS) is 1. The van der Waals surface area contributed by atoms with Gasteiger partial charge < -0.3 is 10.0 Å². The third-order valence-corrected chi connectivity index (χ3v) is 6.33. The third-order valence-electron chi connectivity index (χ3n) is 6.33. The van der Waals surface area contributed by atoms with Crippen LogP contribution < -0.4 is 0 Å². The van der Waals surface area contributed by atoms with Crippen molar-refractivity contribution in [1.29, 1.82) is 0 Å². The zero-order valence-electron chi connectivity index (χ0n) is 15.9. The first-order chi connectivity index (χ1) is 12.4. The minimum atomic E-state index is -0.913. The summed E-state index contributed by atoms with van der Waals surface area (Å²) in [7, 11) is 0. The Morgan fingerprint density at radius 3 is 2.46 bits per heavy atom. The maximum Gasteiger partial charge on any atom is 0.326 e. The van der Waals surface area contributed by atoms with Crippen molar-refractivity contribution in [3.8, 4) is 0 Å². The molecule has 26 heavy (non-hydrogen) atoms. The van der Waals surface area contributed by atoms with Crippen molar-refractivity contribution in [3.63, 3.8) is 0 Å². The van der Waals surface area contributed by atoms with Crippen LogP contribution in [0.4, 0.5) is 0 Å². The Hall–Kier alpha value is -1.88. The van der Waals surface area contributed by atoms with Crippen LogP contribution in [0.25, 0.3) is 0 Å². The van der Waals surface area contributed by atoms with Gasteiger partial charge in [0.1, 0.15) is 6.04 Å². The Morgan fingerprint density at radius 2 is 1.85 bits per heavy atom. The Balaban J connectivity index is 1.62. The summed E-state index contributed by atoms with van der Waals surface area (Å²) in [6, 6.07) is 7.91. The molecule has 1 aromatic carbocycles. The molecule has 5 nitrogen and oxygen atoms in total. The fourth-order valence-electron chi connectivity index (χ4n) is 4.42. The molecule has 2 heterocycles. The minimum Gasteiger partial charge on any atom is -0.480 e. The quantitative estimate of drug-likeness (QED) is 0.879. The van der Waals surface area contributed by atoms with E-state index in [0.29, 0.717) is 13.0 Å². The summed E-state index contributed by atoms with van der Waals surface area (Å²) < 4.78 is 0. The van der Waals surface area contributed by atoms with Crippen LogP contribution in [-0.4, -0.2) is 52.5 Å². The molecule has 0 radical (unpaired) electrons. The molecule has 0 bridgehead atoms. The minimum absolute atomic E-state index is 0.00942. The summed E-state index contributed by atoms with van der Waals surface area (Å²) in [6.07, 6.45) is 4.51. The van der Waals surface area contributed by atoms with Gasteiger partial charge in [0, 0.05) is 19.5 Å². The summed E-state index contributed by atoms with van der Waals surface area (Å²) in [5, 5.41) is 9.29. The lowest BCUT2D eigenvalue weighted by Gasteiger charge is -2.48. The maximum atomic E-state index is 12.2. The fourth-order valence-corrected chi connectivity index (χ4v) is 4.42. The number of hydrogen-bond acceptors (Lipinski definition) is 3. The summed E-state index contributed by atoms with van der Waals surface area (Å²) in [5.74, 6) is -0.922. The van der Waals surface area contributed by atoms with Crippen LogP contribution in [0.1, 0.15) is 50.7 Å². The Morgan fingerprint density at radius 1 is 1.19 bits per heavy atom. The van der Waals surface area contributed by atoms with E-state index in [1.165, 1.54) is 11.1 Å². The monoisotopic (exact) mass is 358 g/mol. The Kier molecular flexibility index (Phi) is 5.66. The van der Waals surface area contributed by atoms with Gasteiger partial charge in [-0.2, -0.15) is 0 Å². The number of hydrogen-bond donors (Lipinski definition) is 1. The second kappa shape index (κ2) is 7.78. The number of nitrogens with zero attached hydrogens (tertiary/aromatic N) is 2. The van der Waals surface area contributed by atoms with Crippen LogP contribution in [0.5, 0.6) is 0 Å². The first-order valence-electron chi connectivity index (χ1n) is 9.75. The Bertz CT molecular complexity index is 665. The second-order valence-electron chi connectivity index (χ2n) is 7.93. The number of carboxylic acids is 1. The average Bonchev–Trinajstić information content (AvgIpc) is 2.65. The van der Waals surface area contributed by atoms with Gasteiger partial charge in [0.05, 0.1) is 0 Å². The zero-order chi connectivity index (χ0) is 18.7. The van der Waals surface area contributed by atoms with Gasteiger partial charge in [0.25, 0.3) is 0 Å². The van der Waals surface area contributed by atoms with E-state index in [2.05, 4.69) is 36.1 Å². The fraction of sp³-hybridized carbons (Fsp3) is 0.619. The molecule has 1 aromatic rings. The molecular formula is C21H30N2O3. The maximum absolute atomic E-state index is 12.2. The average molecular weight is 358 g/mol. The van der Waals surface area contributed by atoms with E-state index in [-0.39, 0.29) is 11.3 Å². The van der Waals surface area contributed by atoms with E-state index < -0.39 is 12.0 Å². The standard InChI is InChI=1S/C21H30N2O3/c1-3-17-6-4-5-7-18(17)14-22-12-10-21(11-13-22)9-8-19(24)23(15-21)16(2)20(25)26/h4-7,16H,3,8-15H2,1-2H3,(H,25,26). The number of amides is 1. The van der Waals surface area contributed by atoms with Crippen LogP contribution in [0.3, 0.4) is 0 Å². The van der Waals surface area contributed by atoms with Crippen LogP contribution in [0.2, 0.25) is 0 Å². The van der Waals surface area contributed by atoms with Crippen molar-refractivity contribution in [1.82, 2.24) is 9.80 Å². The molecule has 0 aliphatic carbocycles. The molecule has 0 aromatic heterocycles. The SMILES string of the molecule is CCc1ccccc1CN1CCC2(CCC(=O)N(C(C)C(=O)O)C2)CC1. The Labute approximate surface area is 156 Å². The number of aryl methyl sites for hydroxylation is 1. The molecular weight excluding hydrogens is 328 g/mol. The molecule has 142 valence electrons. The van der Waals surface area contributed by atoms with Crippen molar-refractivity contribution >= 4 is 11.9 Å². The second-order valence-corrected chi connectivity index (χ2v) is 7.93.